The smallest absolute Gasteiger partial charge is 0.169 e. The molecule has 0 radical (unpaired) electrons. The van der Waals surface area contributed by atoms with Gasteiger partial charge in [-0.05, 0) is 31.9 Å². The average molecular weight is 348 g/mol. The van der Waals surface area contributed by atoms with Crippen LogP contribution in [0.2, 0.25) is 0 Å². The van der Waals surface area contributed by atoms with E-state index >= 15 is 0 Å². The minimum absolute atomic E-state index is 0.526. The van der Waals surface area contributed by atoms with Gasteiger partial charge in [-0.1, -0.05) is 60.2 Å². The first kappa shape index (κ1) is 20.1. The molecule has 0 heterocycles. The highest BCUT2D eigenvalue weighted by Gasteiger charge is 2.72. The van der Waals surface area contributed by atoms with E-state index in [4.69, 9.17) is 0 Å². The third-order valence-corrected chi connectivity index (χ3v) is 3.82. The van der Waals surface area contributed by atoms with Crippen molar-refractivity contribution in [2.75, 3.05) is 0 Å². The molecule has 0 aromatic heterocycles. The van der Waals surface area contributed by atoms with Gasteiger partial charge in [-0.3, -0.25) is 0 Å². The Kier molecular flexibility index (Phi) is 5.74. The van der Waals surface area contributed by atoms with Crippen LogP contribution < -0.4 is 0 Å². The van der Waals surface area contributed by atoms with E-state index in [9.17, 15) is 26.3 Å². The van der Waals surface area contributed by atoms with Crippen molar-refractivity contribution in [3.63, 3.8) is 0 Å². The van der Waals surface area contributed by atoms with Crippen molar-refractivity contribution >= 4 is 0 Å². The maximum absolute atomic E-state index is 13.7. The average Bonchev–Trinajstić information content (AvgIpc) is 2.44. The summed E-state index contributed by atoms with van der Waals surface area (Å²) in [5.74, 6) is 0. The third-order valence-electron chi connectivity index (χ3n) is 3.82. The summed E-state index contributed by atoms with van der Waals surface area (Å²) in [5, 5.41) is 0. The molecule has 0 nitrogen and oxygen atoms in total. The van der Waals surface area contributed by atoms with Crippen LogP contribution in [-0.4, -0.2) is 12.4 Å². The molecule has 0 N–H and O–H groups in total. The minimum Gasteiger partial charge on any atom is -0.169 e. The summed E-state index contributed by atoms with van der Waals surface area (Å²) in [7, 11) is 0. The van der Waals surface area contributed by atoms with Crippen molar-refractivity contribution < 1.29 is 26.3 Å². The summed E-state index contributed by atoms with van der Waals surface area (Å²) in [5.41, 5.74) is -5.05. The molecule has 0 saturated carbocycles. The molecule has 0 saturated heterocycles. The molecule has 0 unspecified atom stereocenters. The molecule has 1 aromatic rings. The number of aryl methyl sites for hydroxylation is 1. The van der Waals surface area contributed by atoms with E-state index in [1.54, 1.807) is 26.8 Å². The Balaban J connectivity index is 3.70. The van der Waals surface area contributed by atoms with Crippen LogP contribution in [0.15, 0.2) is 60.2 Å². The van der Waals surface area contributed by atoms with Gasteiger partial charge in [0.1, 0.15) is 0 Å². The maximum Gasteiger partial charge on any atom is 0.411 e. The van der Waals surface area contributed by atoms with Crippen molar-refractivity contribution in [2.45, 2.75) is 38.5 Å². The van der Waals surface area contributed by atoms with Crippen LogP contribution in [0.3, 0.4) is 0 Å². The van der Waals surface area contributed by atoms with Crippen molar-refractivity contribution in [3.05, 3.63) is 71.3 Å². The van der Waals surface area contributed by atoms with Crippen molar-refractivity contribution in [2.24, 2.45) is 0 Å². The Bertz CT molecular complexity index is 628. The number of hydrogen-bond donors (Lipinski definition) is 0. The number of benzene rings is 1. The van der Waals surface area contributed by atoms with E-state index in [0.29, 0.717) is 11.1 Å². The molecule has 6 heteroatoms. The summed E-state index contributed by atoms with van der Waals surface area (Å²) < 4.78 is 82.1. The van der Waals surface area contributed by atoms with Crippen molar-refractivity contribution in [3.8, 4) is 0 Å². The Morgan fingerprint density at radius 3 is 1.75 bits per heavy atom. The topological polar surface area (TPSA) is 0 Å². The third kappa shape index (κ3) is 3.57. The maximum atomic E-state index is 13.7. The number of hydrogen-bond acceptors (Lipinski definition) is 0. The van der Waals surface area contributed by atoms with Gasteiger partial charge in [0.2, 0.25) is 5.41 Å². The number of allylic oxidation sites excluding steroid dienone is 5. The van der Waals surface area contributed by atoms with Gasteiger partial charge < -0.3 is 0 Å². The van der Waals surface area contributed by atoms with Gasteiger partial charge >= 0.3 is 12.4 Å². The summed E-state index contributed by atoms with van der Waals surface area (Å²) >= 11 is 0. The monoisotopic (exact) mass is 348 g/mol. The molecule has 0 spiro atoms. The Morgan fingerprint density at radius 1 is 0.917 bits per heavy atom. The molecule has 0 aliphatic heterocycles. The van der Waals surface area contributed by atoms with Crippen LogP contribution in [0, 0.1) is 6.92 Å². The molecule has 0 amide bonds. The highest BCUT2D eigenvalue weighted by atomic mass is 19.4. The van der Waals surface area contributed by atoms with Crippen molar-refractivity contribution in [1.82, 2.24) is 0 Å². The molecular weight excluding hydrogens is 330 g/mol. The van der Waals surface area contributed by atoms with E-state index in [1.807, 2.05) is 0 Å². The Labute approximate surface area is 137 Å². The summed E-state index contributed by atoms with van der Waals surface area (Å²) in [6, 6.07) is 4.13. The lowest BCUT2D eigenvalue weighted by molar-refractivity contribution is -0.288. The first-order valence-electron chi connectivity index (χ1n) is 7.09. The van der Waals surface area contributed by atoms with E-state index in [2.05, 4.69) is 6.58 Å². The van der Waals surface area contributed by atoms with Gasteiger partial charge in [0.05, 0.1) is 0 Å². The van der Waals surface area contributed by atoms with Gasteiger partial charge in [0.15, 0.2) is 0 Å². The largest absolute Gasteiger partial charge is 0.411 e. The summed E-state index contributed by atoms with van der Waals surface area (Å²) in [4.78, 5) is 0. The zero-order valence-electron chi connectivity index (χ0n) is 13.5. The second kappa shape index (κ2) is 6.87. The fourth-order valence-electron chi connectivity index (χ4n) is 2.29. The molecule has 0 aliphatic carbocycles. The van der Waals surface area contributed by atoms with Crippen LogP contribution in [0.1, 0.15) is 25.0 Å². The molecule has 24 heavy (non-hydrogen) atoms. The van der Waals surface area contributed by atoms with E-state index < -0.39 is 28.9 Å². The SMILES string of the molecule is C=C(/C=C\C(C)=C/C)C(c1ccc(C)cc1)(C(F)(F)F)C(F)(F)F. The van der Waals surface area contributed by atoms with E-state index in [-0.39, 0.29) is 0 Å². The van der Waals surface area contributed by atoms with E-state index in [0.717, 1.165) is 18.2 Å². The summed E-state index contributed by atoms with van der Waals surface area (Å²) in [6.45, 7) is 7.89. The van der Waals surface area contributed by atoms with Gasteiger partial charge in [-0.2, -0.15) is 26.3 Å². The first-order chi connectivity index (χ1) is 10.9. The van der Waals surface area contributed by atoms with Crippen LogP contribution in [0.4, 0.5) is 26.3 Å². The number of rotatable bonds is 4. The highest BCUT2D eigenvalue weighted by Crippen LogP contribution is 2.56. The number of alkyl halides is 6. The molecule has 0 aliphatic rings. The van der Waals surface area contributed by atoms with Gasteiger partial charge in [-0.25, -0.2) is 0 Å². The van der Waals surface area contributed by atoms with E-state index in [1.165, 1.54) is 18.2 Å². The van der Waals surface area contributed by atoms with Crippen molar-refractivity contribution in [1.29, 1.82) is 0 Å². The van der Waals surface area contributed by atoms with Gasteiger partial charge in [-0.15, -0.1) is 0 Å². The Hall–Kier alpha value is -1.98. The predicted molar refractivity (Wildman–Crippen MR) is 82.7 cm³/mol. The molecule has 0 fully saturated rings. The zero-order valence-corrected chi connectivity index (χ0v) is 13.5. The molecule has 0 atom stereocenters. The van der Waals surface area contributed by atoms with Gasteiger partial charge in [0, 0.05) is 0 Å². The minimum atomic E-state index is -5.59. The van der Waals surface area contributed by atoms with Crippen LogP contribution in [0.25, 0.3) is 0 Å². The quantitative estimate of drug-likeness (QED) is 0.434. The van der Waals surface area contributed by atoms with Crippen LogP contribution >= 0.6 is 0 Å². The molecular formula is C18H18F6. The summed E-state index contributed by atoms with van der Waals surface area (Å²) in [6.07, 6.45) is -7.66. The highest BCUT2D eigenvalue weighted by molar-refractivity contribution is 5.46. The lowest BCUT2D eigenvalue weighted by Crippen LogP contribution is -2.54. The normalized spacial score (nSPS) is 14.3. The van der Waals surface area contributed by atoms with Crippen LogP contribution in [0.5, 0.6) is 0 Å². The molecule has 1 aromatic carbocycles. The lowest BCUT2D eigenvalue weighted by atomic mass is 9.72. The molecule has 1 rings (SSSR count). The fraction of sp³-hybridized carbons (Fsp3) is 0.333. The first-order valence-corrected chi connectivity index (χ1v) is 7.09. The second-order valence-electron chi connectivity index (χ2n) is 5.50. The molecule has 0 bridgehead atoms. The molecule has 132 valence electrons. The number of halogens is 6. The van der Waals surface area contributed by atoms with Crippen LogP contribution in [-0.2, 0) is 5.41 Å². The zero-order chi connectivity index (χ0) is 18.8. The standard InChI is InChI=1S/C18H18F6/c1-5-12(2)6-9-14(4)16(17(19,20)21,18(22,23)24)15-10-7-13(3)8-11-15/h5-11H,4H2,1-3H3/b9-6-,12-5-. The Morgan fingerprint density at radius 2 is 1.38 bits per heavy atom. The fourth-order valence-corrected chi connectivity index (χ4v) is 2.29. The predicted octanol–water partition coefficient (Wildman–Crippen LogP) is 6.44. The van der Waals surface area contributed by atoms with Gasteiger partial charge in [0.25, 0.3) is 0 Å². The second-order valence-corrected chi connectivity index (χ2v) is 5.50. The lowest BCUT2D eigenvalue weighted by Gasteiger charge is -2.38.